The van der Waals surface area contributed by atoms with Crippen molar-refractivity contribution in [3.8, 4) is 33.4 Å². The first-order valence-corrected chi connectivity index (χ1v) is 27.2. The van der Waals surface area contributed by atoms with E-state index in [1.165, 1.54) is 103 Å². The van der Waals surface area contributed by atoms with Gasteiger partial charge in [0.25, 0.3) is 0 Å². The first-order valence-electron chi connectivity index (χ1n) is 26.0. The Labute approximate surface area is 427 Å². The maximum Gasteiger partial charge on any atom is 0.489 e. The molecule has 8 fully saturated rings. The molecule has 2 spiro atoms. The van der Waals surface area contributed by atoms with Gasteiger partial charge >= 0.3 is 7.12 Å². The Morgan fingerprint density at radius 1 is 0.357 bits per heavy atom. The van der Waals surface area contributed by atoms with Crippen LogP contribution in [0, 0.1) is 47.3 Å². The average Bonchev–Trinajstić information content (AvgIpc) is 3.82. The zero-order valence-electron chi connectivity index (χ0n) is 39.3. The van der Waals surface area contributed by atoms with Gasteiger partial charge in [0.1, 0.15) is 0 Å². The summed E-state index contributed by atoms with van der Waals surface area (Å²) in [5.41, 5.74) is 15.9. The highest BCUT2D eigenvalue weighted by molar-refractivity contribution is 6.62. The quantitative estimate of drug-likeness (QED) is 0.170. The standard InChI is InChI=1S/C32H27Cl.C22H21Cl.C10H8BClO2/c33-31-12-11-24(25-5-1-2-7-28(25)31)21-9-10-27-26-6-3-4-8-29(26)32(30(27)18-21)22-14-19-13-20(16-22)17-23(32)15-19;23-17-5-6-19-18-3-1-2-4-20(18)22(21(19)12-17)15-8-13-7-14(10-15)11-16(22)9-13;12-10-6-5-9(11(13)14)7-3-1-2-4-8(7)10/h1-12,18-20,22-23H,13-17H2;1-6,12-16H,7-11H2;1-6,13-14H. The van der Waals surface area contributed by atoms with E-state index in [9.17, 15) is 0 Å². The number of benzene rings is 8. The molecule has 10 aliphatic carbocycles. The van der Waals surface area contributed by atoms with Crippen LogP contribution >= 0.6 is 34.8 Å². The van der Waals surface area contributed by atoms with E-state index in [1.807, 2.05) is 24.3 Å². The highest BCUT2D eigenvalue weighted by Gasteiger charge is 2.63. The zero-order chi connectivity index (χ0) is 47.0. The molecule has 8 saturated carbocycles. The molecule has 0 aliphatic heterocycles. The Kier molecular flexibility index (Phi) is 10.4. The number of halogens is 3. The van der Waals surface area contributed by atoms with Crippen LogP contribution in [0.5, 0.6) is 0 Å². The van der Waals surface area contributed by atoms with E-state index in [0.717, 1.165) is 73.5 Å². The molecule has 8 aromatic rings. The van der Waals surface area contributed by atoms with E-state index in [1.54, 1.807) is 34.4 Å². The van der Waals surface area contributed by atoms with E-state index < -0.39 is 7.12 Å². The molecule has 8 bridgehead atoms. The lowest BCUT2D eigenvalue weighted by Crippen LogP contribution is -2.55. The van der Waals surface area contributed by atoms with Gasteiger partial charge in [-0.1, -0.05) is 162 Å². The molecule has 10 aliphatic rings. The Balaban J connectivity index is 0.000000108. The largest absolute Gasteiger partial charge is 0.489 e. The summed E-state index contributed by atoms with van der Waals surface area (Å²) in [5, 5.41) is 24.6. The summed E-state index contributed by atoms with van der Waals surface area (Å²) in [4.78, 5) is 0. The fraction of sp³-hybridized carbons (Fsp3) is 0.312. The topological polar surface area (TPSA) is 40.5 Å². The summed E-state index contributed by atoms with van der Waals surface area (Å²) in [7, 11) is -1.46. The van der Waals surface area contributed by atoms with Crippen molar-refractivity contribution in [2.45, 2.75) is 75.0 Å². The fourth-order valence-electron chi connectivity index (χ4n) is 17.5. The third-order valence-electron chi connectivity index (χ3n) is 19.4. The molecule has 0 unspecified atom stereocenters. The van der Waals surface area contributed by atoms with E-state index in [2.05, 4.69) is 121 Å². The molecule has 0 heterocycles. The maximum absolute atomic E-state index is 9.13. The number of rotatable bonds is 2. The molecule has 0 aromatic heterocycles. The van der Waals surface area contributed by atoms with Crippen LogP contribution in [-0.4, -0.2) is 17.2 Å². The molecule has 6 heteroatoms. The van der Waals surface area contributed by atoms with Crippen LogP contribution in [0.1, 0.15) is 86.5 Å². The van der Waals surface area contributed by atoms with Crippen molar-refractivity contribution >= 4 is 68.9 Å². The second-order valence-corrected chi connectivity index (χ2v) is 23.8. The lowest BCUT2D eigenvalue weighted by atomic mass is 9.43. The molecule has 2 N–H and O–H groups in total. The minimum absolute atomic E-state index is 0.220. The molecule has 0 atom stereocenters. The molecular weight excluding hydrogens is 918 g/mol. The van der Waals surface area contributed by atoms with Gasteiger partial charge in [0.15, 0.2) is 0 Å². The molecule has 18 rings (SSSR count). The van der Waals surface area contributed by atoms with Gasteiger partial charge in [-0.15, -0.1) is 0 Å². The van der Waals surface area contributed by atoms with Crippen molar-refractivity contribution in [1.29, 1.82) is 0 Å². The van der Waals surface area contributed by atoms with E-state index in [4.69, 9.17) is 44.9 Å². The van der Waals surface area contributed by atoms with Crippen LogP contribution in [0.4, 0.5) is 0 Å². The smallest absolute Gasteiger partial charge is 0.423 e. The second-order valence-electron chi connectivity index (χ2n) is 22.6. The van der Waals surface area contributed by atoms with Gasteiger partial charge in [0.05, 0.1) is 0 Å². The van der Waals surface area contributed by atoms with Crippen LogP contribution in [0.15, 0.2) is 158 Å². The number of hydrogen-bond donors (Lipinski definition) is 2. The SMILES string of the molecule is Clc1ccc(-c2ccc3c(c2)C2(c4ccccc4-3)C3CC4CC(C3)CC2C4)c2ccccc12.Clc1ccc2c(c1)C1(c3ccccc3-2)C2CC3CC(C2)CC1C3.OB(O)c1ccc(Cl)c2ccccc12. The van der Waals surface area contributed by atoms with E-state index >= 15 is 0 Å². The van der Waals surface area contributed by atoms with E-state index in [0.29, 0.717) is 10.5 Å². The predicted molar refractivity (Wildman–Crippen MR) is 291 cm³/mol. The summed E-state index contributed by atoms with van der Waals surface area (Å²) >= 11 is 19.0. The molecule has 2 nitrogen and oxygen atoms in total. The van der Waals surface area contributed by atoms with Gasteiger partial charge in [-0.3, -0.25) is 0 Å². The first kappa shape index (κ1) is 43.9. The van der Waals surface area contributed by atoms with Crippen LogP contribution in [0.2, 0.25) is 15.1 Å². The lowest BCUT2D eigenvalue weighted by Gasteiger charge is -2.61. The highest BCUT2D eigenvalue weighted by Crippen LogP contribution is 2.71. The van der Waals surface area contributed by atoms with Gasteiger partial charge in [0.2, 0.25) is 0 Å². The Morgan fingerprint density at radius 3 is 1.29 bits per heavy atom. The highest BCUT2D eigenvalue weighted by atomic mass is 35.5. The lowest BCUT2D eigenvalue weighted by molar-refractivity contribution is -0.0399. The second kappa shape index (κ2) is 16.6. The maximum atomic E-state index is 9.13. The molecule has 0 amide bonds. The molecular formula is C64H56BCl3O2. The third kappa shape index (κ3) is 6.40. The van der Waals surface area contributed by atoms with Crippen molar-refractivity contribution in [2.75, 3.05) is 0 Å². The normalized spacial score (nSPS) is 29.3. The monoisotopic (exact) mass is 972 g/mol. The summed E-state index contributed by atoms with van der Waals surface area (Å²) in [6.07, 6.45) is 14.5. The van der Waals surface area contributed by atoms with Crippen LogP contribution in [0.3, 0.4) is 0 Å². The van der Waals surface area contributed by atoms with Gasteiger partial charge in [-0.25, -0.2) is 0 Å². The summed E-state index contributed by atoms with van der Waals surface area (Å²) in [6, 6.07) is 56.1. The summed E-state index contributed by atoms with van der Waals surface area (Å²) in [5.74, 6) is 7.20. The minimum Gasteiger partial charge on any atom is -0.423 e. The van der Waals surface area contributed by atoms with Gasteiger partial charge in [-0.05, 0) is 219 Å². The number of hydrogen-bond acceptors (Lipinski definition) is 2. The fourth-order valence-corrected chi connectivity index (χ4v) is 18.1. The molecule has 348 valence electrons. The van der Waals surface area contributed by atoms with Crippen molar-refractivity contribution < 1.29 is 10.0 Å². The van der Waals surface area contributed by atoms with Crippen molar-refractivity contribution in [3.05, 3.63) is 195 Å². The summed E-state index contributed by atoms with van der Waals surface area (Å²) in [6.45, 7) is 0. The molecule has 8 aromatic carbocycles. The average molecular weight is 974 g/mol. The molecule has 0 radical (unpaired) electrons. The van der Waals surface area contributed by atoms with Crippen LogP contribution in [-0.2, 0) is 10.8 Å². The Bertz CT molecular complexity index is 3360. The summed E-state index contributed by atoms with van der Waals surface area (Å²) < 4.78 is 0. The van der Waals surface area contributed by atoms with Gasteiger partial charge < -0.3 is 10.0 Å². The zero-order valence-corrected chi connectivity index (χ0v) is 41.6. The van der Waals surface area contributed by atoms with Gasteiger partial charge in [0, 0.05) is 31.3 Å². The van der Waals surface area contributed by atoms with Crippen LogP contribution < -0.4 is 5.46 Å². The Morgan fingerprint density at radius 2 is 0.757 bits per heavy atom. The number of fused-ring (bicyclic) bond motifs is 8. The van der Waals surface area contributed by atoms with E-state index in [-0.39, 0.29) is 10.8 Å². The van der Waals surface area contributed by atoms with Crippen LogP contribution in [0.25, 0.3) is 54.9 Å². The predicted octanol–water partition coefficient (Wildman–Crippen LogP) is 16.1. The molecule has 0 saturated heterocycles. The molecule has 70 heavy (non-hydrogen) atoms. The minimum atomic E-state index is -1.46. The van der Waals surface area contributed by atoms with Gasteiger partial charge in [-0.2, -0.15) is 0 Å². The van der Waals surface area contributed by atoms with Crippen molar-refractivity contribution in [2.24, 2.45) is 47.3 Å². The first-order chi connectivity index (χ1) is 34.2. The van der Waals surface area contributed by atoms with Crippen molar-refractivity contribution in [1.82, 2.24) is 0 Å². The van der Waals surface area contributed by atoms with Crippen molar-refractivity contribution in [3.63, 3.8) is 0 Å². The third-order valence-corrected chi connectivity index (χ3v) is 20.3. The Hall–Kier alpha value is -4.87.